The van der Waals surface area contributed by atoms with Gasteiger partial charge in [-0.05, 0) is 18.8 Å². The maximum atomic E-state index is 11.5. The zero-order chi connectivity index (χ0) is 13.1. The van der Waals surface area contributed by atoms with Gasteiger partial charge in [-0.25, -0.2) is 0 Å². The van der Waals surface area contributed by atoms with Gasteiger partial charge in [-0.15, -0.1) is 0 Å². The van der Waals surface area contributed by atoms with Crippen LogP contribution in [0.4, 0.5) is 0 Å². The standard InChI is InChI=1S/C12H25NO3S/c1-10(2)11(17)12(14)13-6-4-5-7-16-9-8-15-3/h10-11,17H,4-9H2,1-3H3,(H,13,14). The molecule has 5 heteroatoms. The van der Waals surface area contributed by atoms with Gasteiger partial charge in [-0.1, -0.05) is 13.8 Å². The third-order valence-corrected chi connectivity index (χ3v) is 3.18. The third kappa shape index (κ3) is 9.44. The second-order valence-corrected chi connectivity index (χ2v) is 4.85. The van der Waals surface area contributed by atoms with Crippen LogP contribution in [0.25, 0.3) is 0 Å². The van der Waals surface area contributed by atoms with E-state index in [1.54, 1.807) is 7.11 Å². The zero-order valence-electron chi connectivity index (χ0n) is 11.1. The van der Waals surface area contributed by atoms with Crippen LogP contribution in [0.1, 0.15) is 26.7 Å². The highest BCUT2D eigenvalue weighted by Gasteiger charge is 2.16. The molecule has 0 aliphatic carbocycles. The maximum absolute atomic E-state index is 11.5. The summed E-state index contributed by atoms with van der Waals surface area (Å²) in [6.07, 6.45) is 1.88. The predicted molar refractivity (Wildman–Crippen MR) is 72.6 cm³/mol. The summed E-state index contributed by atoms with van der Waals surface area (Å²) in [7, 11) is 1.65. The van der Waals surface area contributed by atoms with Gasteiger partial charge in [0.15, 0.2) is 0 Å². The van der Waals surface area contributed by atoms with Crippen molar-refractivity contribution >= 4 is 18.5 Å². The fourth-order valence-electron chi connectivity index (χ4n) is 1.19. The lowest BCUT2D eigenvalue weighted by Gasteiger charge is -2.14. The molecule has 0 saturated carbocycles. The summed E-state index contributed by atoms with van der Waals surface area (Å²) in [5, 5.41) is 2.66. The number of thiol groups is 1. The molecule has 0 fully saturated rings. The molecule has 0 aromatic carbocycles. The van der Waals surface area contributed by atoms with Gasteiger partial charge in [-0.3, -0.25) is 4.79 Å². The van der Waals surface area contributed by atoms with Crippen molar-refractivity contribution in [3.8, 4) is 0 Å². The van der Waals surface area contributed by atoms with Crippen molar-refractivity contribution in [2.45, 2.75) is 31.9 Å². The molecule has 0 aliphatic rings. The second-order valence-electron chi connectivity index (χ2n) is 4.29. The maximum Gasteiger partial charge on any atom is 0.233 e. The van der Waals surface area contributed by atoms with E-state index in [1.165, 1.54) is 0 Å². The molecule has 102 valence electrons. The van der Waals surface area contributed by atoms with E-state index in [0.29, 0.717) is 26.4 Å². The quantitative estimate of drug-likeness (QED) is 0.464. The number of rotatable bonds is 10. The zero-order valence-corrected chi connectivity index (χ0v) is 12.0. The van der Waals surface area contributed by atoms with Gasteiger partial charge in [0, 0.05) is 20.3 Å². The molecular formula is C12H25NO3S. The Morgan fingerprint density at radius 3 is 2.53 bits per heavy atom. The number of amides is 1. The smallest absolute Gasteiger partial charge is 0.233 e. The SMILES string of the molecule is COCCOCCCCNC(=O)C(S)C(C)C. The van der Waals surface area contributed by atoms with Crippen LogP contribution >= 0.6 is 12.6 Å². The lowest BCUT2D eigenvalue weighted by Crippen LogP contribution is -2.35. The van der Waals surface area contributed by atoms with Crippen molar-refractivity contribution in [2.24, 2.45) is 5.92 Å². The van der Waals surface area contributed by atoms with Gasteiger partial charge < -0.3 is 14.8 Å². The van der Waals surface area contributed by atoms with E-state index in [4.69, 9.17) is 9.47 Å². The minimum atomic E-state index is -0.215. The van der Waals surface area contributed by atoms with E-state index < -0.39 is 0 Å². The molecular weight excluding hydrogens is 238 g/mol. The van der Waals surface area contributed by atoms with Gasteiger partial charge in [0.25, 0.3) is 0 Å². The van der Waals surface area contributed by atoms with Crippen molar-refractivity contribution in [3.63, 3.8) is 0 Å². The normalized spacial score (nSPS) is 12.8. The molecule has 0 aliphatic heterocycles. The first kappa shape index (κ1) is 16.7. The van der Waals surface area contributed by atoms with Gasteiger partial charge in [0.1, 0.15) is 0 Å². The number of ether oxygens (including phenoxy) is 2. The van der Waals surface area contributed by atoms with Crippen LogP contribution in [0.3, 0.4) is 0 Å². The molecule has 17 heavy (non-hydrogen) atoms. The average Bonchev–Trinajstić information content (AvgIpc) is 2.31. The third-order valence-electron chi connectivity index (χ3n) is 2.35. The summed E-state index contributed by atoms with van der Waals surface area (Å²) in [6, 6.07) is 0. The summed E-state index contributed by atoms with van der Waals surface area (Å²) >= 11 is 4.25. The first-order valence-corrected chi connectivity index (χ1v) is 6.63. The van der Waals surface area contributed by atoms with Crippen LogP contribution in [-0.4, -0.2) is 44.6 Å². The fraction of sp³-hybridized carbons (Fsp3) is 0.917. The Labute approximate surface area is 110 Å². The van der Waals surface area contributed by atoms with Crippen LogP contribution in [0, 0.1) is 5.92 Å². The molecule has 1 N–H and O–H groups in total. The highest BCUT2D eigenvalue weighted by molar-refractivity contribution is 7.81. The number of hydrogen-bond acceptors (Lipinski definition) is 4. The molecule has 0 radical (unpaired) electrons. The van der Waals surface area contributed by atoms with Gasteiger partial charge in [-0.2, -0.15) is 12.6 Å². The van der Waals surface area contributed by atoms with E-state index in [2.05, 4.69) is 17.9 Å². The molecule has 0 spiro atoms. The van der Waals surface area contributed by atoms with Gasteiger partial charge >= 0.3 is 0 Å². The van der Waals surface area contributed by atoms with Crippen LogP contribution < -0.4 is 5.32 Å². The van der Waals surface area contributed by atoms with Crippen molar-refractivity contribution in [1.29, 1.82) is 0 Å². The Balaban J connectivity index is 3.31. The molecule has 0 aromatic rings. The number of unbranched alkanes of at least 4 members (excludes halogenated alkanes) is 1. The predicted octanol–water partition coefficient (Wildman–Crippen LogP) is 1.50. The molecule has 0 saturated heterocycles. The second kappa shape index (κ2) is 10.9. The number of methoxy groups -OCH3 is 1. The number of nitrogens with one attached hydrogen (secondary N) is 1. The molecule has 1 atom stereocenters. The Kier molecular flexibility index (Phi) is 10.7. The van der Waals surface area contributed by atoms with E-state index in [0.717, 1.165) is 12.8 Å². The van der Waals surface area contributed by atoms with Gasteiger partial charge in [0.2, 0.25) is 5.91 Å². The first-order valence-electron chi connectivity index (χ1n) is 6.12. The van der Waals surface area contributed by atoms with Crippen LogP contribution in [0.15, 0.2) is 0 Å². The number of carbonyl (C=O) groups excluding carboxylic acids is 1. The fourth-order valence-corrected chi connectivity index (χ4v) is 1.28. The molecule has 0 heterocycles. The van der Waals surface area contributed by atoms with Crippen molar-refractivity contribution in [2.75, 3.05) is 33.5 Å². The molecule has 0 bridgehead atoms. The Bertz CT molecular complexity index is 200. The topological polar surface area (TPSA) is 47.6 Å². The summed E-state index contributed by atoms with van der Waals surface area (Å²) in [5.41, 5.74) is 0. The van der Waals surface area contributed by atoms with Crippen LogP contribution in [-0.2, 0) is 14.3 Å². The van der Waals surface area contributed by atoms with Gasteiger partial charge in [0.05, 0.1) is 18.5 Å². The lowest BCUT2D eigenvalue weighted by atomic mass is 10.1. The molecule has 1 amide bonds. The molecule has 0 aromatic heterocycles. The molecule has 4 nitrogen and oxygen atoms in total. The van der Waals surface area contributed by atoms with Crippen molar-refractivity contribution in [1.82, 2.24) is 5.32 Å². The Hall–Kier alpha value is -0.260. The van der Waals surface area contributed by atoms with E-state index >= 15 is 0 Å². The molecule has 0 rings (SSSR count). The van der Waals surface area contributed by atoms with E-state index in [9.17, 15) is 4.79 Å². The Morgan fingerprint density at radius 1 is 1.24 bits per heavy atom. The monoisotopic (exact) mass is 263 g/mol. The molecule has 1 unspecified atom stereocenters. The first-order chi connectivity index (χ1) is 8.09. The summed E-state index contributed by atoms with van der Waals surface area (Å²) in [4.78, 5) is 11.5. The highest BCUT2D eigenvalue weighted by Crippen LogP contribution is 2.08. The lowest BCUT2D eigenvalue weighted by molar-refractivity contribution is -0.121. The Morgan fingerprint density at radius 2 is 1.94 bits per heavy atom. The summed E-state index contributed by atoms with van der Waals surface area (Å²) in [6.45, 7) is 6.65. The summed E-state index contributed by atoms with van der Waals surface area (Å²) in [5.74, 6) is 0.277. The van der Waals surface area contributed by atoms with Crippen molar-refractivity contribution < 1.29 is 14.3 Å². The van der Waals surface area contributed by atoms with Crippen molar-refractivity contribution in [3.05, 3.63) is 0 Å². The average molecular weight is 263 g/mol. The van der Waals surface area contributed by atoms with Crippen LogP contribution in [0.2, 0.25) is 0 Å². The van der Waals surface area contributed by atoms with E-state index in [-0.39, 0.29) is 17.1 Å². The van der Waals surface area contributed by atoms with E-state index in [1.807, 2.05) is 13.8 Å². The largest absolute Gasteiger partial charge is 0.382 e. The van der Waals surface area contributed by atoms with Crippen LogP contribution in [0.5, 0.6) is 0 Å². The minimum absolute atomic E-state index is 0.0173. The highest BCUT2D eigenvalue weighted by atomic mass is 32.1. The number of carbonyl (C=O) groups is 1. The minimum Gasteiger partial charge on any atom is -0.382 e. The summed E-state index contributed by atoms with van der Waals surface area (Å²) < 4.78 is 10.2. The number of hydrogen-bond donors (Lipinski definition) is 2.